The third-order valence-electron chi connectivity index (χ3n) is 2.57. The summed E-state index contributed by atoms with van der Waals surface area (Å²) in [5.74, 6) is -0.0653. The van der Waals surface area contributed by atoms with Crippen molar-refractivity contribution in [2.24, 2.45) is 0 Å². The van der Waals surface area contributed by atoms with Crippen LogP contribution in [0.15, 0.2) is 29.6 Å². The van der Waals surface area contributed by atoms with E-state index in [-0.39, 0.29) is 11.5 Å². The fourth-order valence-corrected chi connectivity index (χ4v) is 3.05. The molecule has 1 aromatic heterocycles. The van der Waals surface area contributed by atoms with Crippen LogP contribution in [0.2, 0.25) is 0 Å². The minimum Gasteiger partial charge on any atom is -0.478 e. The molecule has 0 saturated heterocycles. The standard InChI is InChI=1S/C14H14N2O3S2/c1-9-15-12(7-21-9)6-20-8-13(17)16-11-4-2-10(3-5-11)14(18)19/h2-5,7H,6,8H2,1H3,(H,16,17)(H,18,19). The van der Waals surface area contributed by atoms with E-state index in [1.807, 2.05) is 12.3 Å². The van der Waals surface area contributed by atoms with Crippen molar-refractivity contribution in [2.45, 2.75) is 12.7 Å². The number of rotatable bonds is 6. The number of carboxylic acid groups (broad SMARTS) is 1. The van der Waals surface area contributed by atoms with Gasteiger partial charge in [0.15, 0.2) is 0 Å². The Morgan fingerprint density at radius 3 is 2.62 bits per heavy atom. The van der Waals surface area contributed by atoms with Gasteiger partial charge in [0.05, 0.1) is 22.0 Å². The molecule has 21 heavy (non-hydrogen) atoms. The molecule has 0 aliphatic carbocycles. The molecule has 0 radical (unpaired) electrons. The van der Waals surface area contributed by atoms with Crippen LogP contribution in [-0.4, -0.2) is 27.7 Å². The van der Waals surface area contributed by atoms with Crippen molar-refractivity contribution in [1.82, 2.24) is 4.98 Å². The van der Waals surface area contributed by atoms with Crippen LogP contribution in [0.25, 0.3) is 0 Å². The zero-order valence-corrected chi connectivity index (χ0v) is 13.0. The molecular formula is C14H14N2O3S2. The normalized spacial score (nSPS) is 10.3. The Morgan fingerprint density at radius 2 is 2.05 bits per heavy atom. The van der Waals surface area contributed by atoms with Gasteiger partial charge in [-0.2, -0.15) is 0 Å². The first kappa shape index (κ1) is 15.5. The molecule has 0 aliphatic heterocycles. The third kappa shape index (κ3) is 4.87. The number of aromatic nitrogens is 1. The average Bonchev–Trinajstić information content (AvgIpc) is 2.85. The third-order valence-corrected chi connectivity index (χ3v) is 4.35. The van der Waals surface area contributed by atoms with E-state index in [2.05, 4.69) is 10.3 Å². The first-order valence-corrected chi connectivity index (χ1v) is 8.20. The van der Waals surface area contributed by atoms with E-state index in [1.54, 1.807) is 23.5 Å². The van der Waals surface area contributed by atoms with Crippen molar-refractivity contribution < 1.29 is 14.7 Å². The lowest BCUT2D eigenvalue weighted by Crippen LogP contribution is -2.14. The summed E-state index contributed by atoms with van der Waals surface area (Å²) in [6.07, 6.45) is 0. The van der Waals surface area contributed by atoms with Crippen molar-refractivity contribution in [1.29, 1.82) is 0 Å². The second-order valence-corrected chi connectivity index (χ2v) is 6.33. The van der Waals surface area contributed by atoms with Gasteiger partial charge in [0, 0.05) is 16.8 Å². The Balaban J connectivity index is 1.77. The van der Waals surface area contributed by atoms with Gasteiger partial charge in [0.25, 0.3) is 0 Å². The quantitative estimate of drug-likeness (QED) is 0.854. The highest BCUT2D eigenvalue weighted by atomic mass is 32.2. The number of carbonyl (C=O) groups is 2. The number of hydrogen-bond donors (Lipinski definition) is 2. The first-order valence-electron chi connectivity index (χ1n) is 6.16. The van der Waals surface area contributed by atoms with Crippen molar-refractivity contribution in [3.8, 4) is 0 Å². The van der Waals surface area contributed by atoms with E-state index in [0.717, 1.165) is 10.7 Å². The molecule has 0 aliphatic rings. The number of anilines is 1. The summed E-state index contributed by atoms with van der Waals surface area (Å²) in [5.41, 5.74) is 1.78. The van der Waals surface area contributed by atoms with Gasteiger partial charge < -0.3 is 10.4 Å². The van der Waals surface area contributed by atoms with Gasteiger partial charge in [-0.05, 0) is 31.2 Å². The summed E-state index contributed by atoms with van der Waals surface area (Å²) in [6.45, 7) is 1.95. The molecule has 7 heteroatoms. The molecule has 0 saturated carbocycles. The number of thiazole rings is 1. The Kier molecular flexibility index (Phi) is 5.35. The molecule has 0 bridgehead atoms. The van der Waals surface area contributed by atoms with Crippen molar-refractivity contribution in [2.75, 3.05) is 11.1 Å². The van der Waals surface area contributed by atoms with E-state index in [9.17, 15) is 9.59 Å². The molecule has 5 nitrogen and oxygen atoms in total. The SMILES string of the molecule is Cc1nc(CSCC(=O)Nc2ccc(C(=O)O)cc2)cs1. The van der Waals surface area contributed by atoms with Crippen LogP contribution < -0.4 is 5.32 Å². The predicted octanol–water partition coefficient (Wildman–Crippen LogP) is 3.02. The molecular weight excluding hydrogens is 308 g/mol. The van der Waals surface area contributed by atoms with Gasteiger partial charge in [0.2, 0.25) is 5.91 Å². The highest BCUT2D eigenvalue weighted by Gasteiger charge is 2.06. The van der Waals surface area contributed by atoms with Crippen LogP contribution in [0.3, 0.4) is 0 Å². The number of nitrogens with one attached hydrogen (secondary N) is 1. The highest BCUT2D eigenvalue weighted by molar-refractivity contribution is 7.99. The lowest BCUT2D eigenvalue weighted by Gasteiger charge is -2.05. The summed E-state index contributed by atoms with van der Waals surface area (Å²) in [6, 6.07) is 6.08. The fourth-order valence-electron chi connectivity index (χ4n) is 1.62. The molecule has 0 unspecified atom stereocenters. The van der Waals surface area contributed by atoms with Crippen molar-refractivity contribution >= 4 is 40.7 Å². The largest absolute Gasteiger partial charge is 0.478 e. The Bertz CT molecular complexity index is 638. The lowest BCUT2D eigenvalue weighted by molar-refractivity contribution is -0.113. The second kappa shape index (κ2) is 7.24. The maximum absolute atomic E-state index is 11.8. The molecule has 0 fully saturated rings. The summed E-state index contributed by atoms with van der Waals surface area (Å²) in [5, 5.41) is 14.5. The van der Waals surface area contributed by atoms with E-state index >= 15 is 0 Å². The maximum Gasteiger partial charge on any atom is 0.335 e. The molecule has 2 aromatic rings. The van der Waals surface area contributed by atoms with E-state index < -0.39 is 5.97 Å². The molecule has 0 spiro atoms. The van der Waals surface area contributed by atoms with Crippen LogP contribution in [0.4, 0.5) is 5.69 Å². The summed E-state index contributed by atoms with van der Waals surface area (Å²) >= 11 is 3.09. The van der Waals surface area contributed by atoms with Gasteiger partial charge in [0.1, 0.15) is 0 Å². The van der Waals surface area contributed by atoms with Gasteiger partial charge in [-0.3, -0.25) is 4.79 Å². The average molecular weight is 322 g/mol. The number of hydrogen-bond acceptors (Lipinski definition) is 5. The van der Waals surface area contributed by atoms with Crippen LogP contribution in [0.5, 0.6) is 0 Å². The molecule has 2 N–H and O–H groups in total. The monoisotopic (exact) mass is 322 g/mol. The highest BCUT2D eigenvalue weighted by Crippen LogP contribution is 2.16. The Hall–Kier alpha value is -1.86. The van der Waals surface area contributed by atoms with E-state index in [1.165, 1.54) is 23.9 Å². The number of benzene rings is 1. The van der Waals surface area contributed by atoms with Crippen LogP contribution >= 0.6 is 23.1 Å². The molecule has 1 amide bonds. The van der Waals surface area contributed by atoms with Crippen LogP contribution in [-0.2, 0) is 10.5 Å². The fraction of sp³-hybridized carbons (Fsp3) is 0.214. The number of aryl methyl sites for hydroxylation is 1. The number of nitrogens with zero attached hydrogens (tertiary/aromatic N) is 1. The second-order valence-electron chi connectivity index (χ2n) is 4.28. The lowest BCUT2D eigenvalue weighted by atomic mass is 10.2. The minimum absolute atomic E-state index is 0.116. The van der Waals surface area contributed by atoms with Crippen molar-refractivity contribution in [3.05, 3.63) is 45.9 Å². The first-order chi connectivity index (χ1) is 10.0. The van der Waals surface area contributed by atoms with Gasteiger partial charge in [-0.15, -0.1) is 23.1 Å². The maximum atomic E-state index is 11.8. The molecule has 2 rings (SSSR count). The summed E-state index contributed by atoms with van der Waals surface area (Å²) in [7, 11) is 0. The minimum atomic E-state index is -0.984. The number of thioether (sulfide) groups is 1. The van der Waals surface area contributed by atoms with Gasteiger partial charge >= 0.3 is 5.97 Å². The number of aromatic carboxylic acids is 1. The van der Waals surface area contributed by atoms with Crippen LogP contribution in [0, 0.1) is 6.92 Å². The number of carbonyl (C=O) groups excluding carboxylic acids is 1. The van der Waals surface area contributed by atoms with Gasteiger partial charge in [-0.25, -0.2) is 9.78 Å². The number of amides is 1. The molecule has 0 atom stereocenters. The van der Waals surface area contributed by atoms with Crippen LogP contribution in [0.1, 0.15) is 21.1 Å². The van der Waals surface area contributed by atoms with Crippen molar-refractivity contribution in [3.63, 3.8) is 0 Å². The number of carboxylic acids is 1. The summed E-state index contributed by atoms with van der Waals surface area (Å²) < 4.78 is 0. The Morgan fingerprint density at radius 1 is 1.33 bits per heavy atom. The molecule has 1 heterocycles. The smallest absolute Gasteiger partial charge is 0.335 e. The van der Waals surface area contributed by atoms with Gasteiger partial charge in [-0.1, -0.05) is 0 Å². The van der Waals surface area contributed by atoms with E-state index in [4.69, 9.17) is 5.11 Å². The topological polar surface area (TPSA) is 79.3 Å². The molecule has 1 aromatic carbocycles. The molecule has 110 valence electrons. The van der Waals surface area contributed by atoms with E-state index in [0.29, 0.717) is 17.2 Å². The zero-order chi connectivity index (χ0) is 15.2. The Labute approximate surface area is 130 Å². The zero-order valence-electron chi connectivity index (χ0n) is 11.3. The summed E-state index contributed by atoms with van der Waals surface area (Å²) in [4.78, 5) is 26.8. The predicted molar refractivity (Wildman–Crippen MR) is 85.0 cm³/mol.